The highest BCUT2D eigenvalue weighted by atomic mass is 16.5. The minimum absolute atomic E-state index is 0.155. The summed E-state index contributed by atoms with van der Waals surface area (Å²) in [6.07, 6.45) is 4.13. The summed E-state index contributed by atoms with van der Waals surface area (Å²) in [6, 6.07) is 15.5. The SMILES string of the molecule is Cc1ccc(Oc2ccc(OCC(C)OC3=NC=CCC#C3)cc2)cc1. The number of benzene rings is 2. The van der Waals surface area contributed by atoms with Crippen LogP contribution in [0.2, 0.25) is 0 Å². The maximum absolute atomic E-state index is 5.81. The molecule has 0 radical (unpaired) electrons. The molecule has 1 aliphatic heterocycles. The average Bonchev–Trinajstić information content (AvgIpc) is 2.92. The Morgan fingerprint density at radius 3 is 2.38 bits per heavy atom. The Morgan fingerprint density at radius 1 is 1.00 bits per heavy atom. The van der Waals surface area contributed by atoms with Gasteiger partial charge in [0, 0.05) is 12.6 Å². The van der Waals surface area contributed by atoms with Crippen LogP contribution < -0.4 is 9.47 Å². The minimum atomic E-state index is -0.155. The van der Waals surface area contributed by atoms with Crippen LogP contribution in [0.4, 0.5) is 0 Å². The fraction of sp³-hybridized carbons (Fsp3) is 0.227. The first kappa shape index (κ1) is 17.6. The predicted molar refractivity (Wildman–Crippen MR) is 103 cm³/mol. The van der Waals surface area contributed by atoms with Crippen molar-refractivity contribution in [3.63, 3.8) is 0 Å². The van der Waals surface area contributed by atoms with Gasteiger partial charge in [0.15, 0.2) is 0 Å². The quantitative estimate of drug-likeness (QED) is 0.699. The van der Waals surface area contributed by atoms with Gasteiger partial charge in [0.2, 0.25) is 0 Å². The maximum atomic E-state index is 5.81. The molecule has 1 unspecified atom stereocenters. The molecule has 26 heavy (non-hydrogen) atoms. The zero-order valence-corrected chi connectivity index (χ0v) is 14.9. The van der Waals surface area contributed by atoms with E-state index in [0.29, 0.717) is 18.9 Å². The highest BCUT2D eigenvalue weighted by Gasteiger charge is 2.08. The maximum Gasteiger partial charge on any atom is 0.268 e. The van der Waals surface area contributed by atoms with E-state index in [1.807, 2.05) is 68.5 Å². The van der Waals surface area contributed by atoms with E-state index in [9.17, 15) is 0 Å². The van der Waals surface area contributed by atoms with E-state index in [1.165, 1.54) is 5.56 Å². The van der Waals surface area contributed by atoms with Crippen molar-refractivity contribution in [1.29, 1.82) is 0 Å². The Balaban J connectivity index is 1.49. The van der Waals surface area contributed by atoms with Gasteiger partial charge in [0.25, 0.3) is 5.90 Å². The zero-order chi connectivity index (χ0) is 18.2. The molecule has 1 heterocycles. The first-order valence-electron chi connectivity index (χ1n) is 8.55. The van der Waals surface area contributed by atoms with E-state index in [1.54, 1.807) is 6.20 Å². The van der Waals surface area contributed by atoms with E-state index in [0.717, 1.165) is 17.2 Å². The summed E-state index contributed by atoms with van der Waals surface area (Å²) in [6.45, 7) is 4.38. The molecule has 0 fully saturated rings. The van der Waals surface area contributed by atoms with Crippen LogP contribution in [0.25, 0.3) is 0 Å². The number of hydrogen-bond acceptors (Lipinski definition) is 4. The third-order valence-corrected chi connectivity index (χ3v) is 3.59. The van der Waals surface area contributed by atoms with Crippen LogP contribution in [-0.2, 0) is 4.74 Å². The second-order valence-corrected chi connectivity index (χ2v) is 5.95. The molecular formula is C22H21NO3. The van der Waals surface area contributed by atoms with Crippen LogP contribution in [0.15, 0.2) is 65.8 Å². The first-order valence-corrected chi connectivity index (χ1v) is 8.55. The lowest BCUT2D eigenvalue weighted by atomic mass is 10.2. The van der Waals surface area contributed by atoms with E-state index in [-0.39, 0.29) is 6.10 Å². The second kappa shape index (κ2) is 8.77. The van der Waals surface area contributed by atoms with Crippen molar-refractivity contribution in [3.8, 4) is 29.1 Å². The monoisotopic (exact) mass is 347 g/mol. The van der Waals surface area contributed by atoms with Crippen molar-refractivity contribution in [1.82, 2.24) is 0 Å². The van der Waals surface area contributed by atoms with Gasteiger partial charge in [-0.15, -0.1) is 0 Å². The zero-order valence-electron chi connectivity index (χ0n) is 14.9. The van der Waals surface area contributed by atoms with Crippen LogP contribution in [0.1, 0.15) is 18.9 Å². The van der Waals surface area contributed by atoms with E-state index in [2.05, 4.69) is 16.8 Å². The summed E-state index contributed by atoms with van der Waals surface area (Å²) < 4.78 is 17.2. The Bertz CT molecular complexity index is 840. The van der Waals surface area contributed by atoms with Crippen molar-refractivity contribution in [2.75, 3.05) is 6.61 Å². The van der Waals surface area contributed by atoms with Gasteiger partial charge < -0.3 is 14.2 Å². The van der Waals surface area contributed by atoms with Gasteiger partial charge in [-0.25, -0.2) is 4.99 Å². The molecule has 0 aliphatic carbocycles. The van der Waals surface area contributed by atoms with Crippen molar-refractivity contribution < 1.29 is 14.2 Å². The standard InChI is InChI=1S/C22H21NO3/c1-17-7-9-20(10-8-17)26-21-13-11-19(12-14-21)24-16-18(2)25-22-6-4-3-5-15-23-22/h5,7-15,18H,3,16H2,1-2H3. The fourth-order valence-electron chi connectivity index (χ4n) is 2.24. The van der Waals surface area contributed by atoms with Crippen LogP contribution in [0, 0.1) is 18.8 Å². The molecule has 0 aromatic heterocycles. The second-order valence-electron chi connectivity index (χ2n) is 5.95. The van der Waals surface area contributed by atoms with Crippen molar-refractivity contribution in [2.45, 2.75) is 26.4 Å². The largest absolute Gasteiger partial charge is 0.490 e. The molecular weight excluding hydrogens is 326 g/mol. The van der Waals surface area contributed by atoms with Crippen molar-refractivity contribution in [3.05, 3.63) is 66.4 Å². The average molecular weight is 347 g/mol. The van der Waals surface area contributed by atoms with Crippen LogP contribution in [0.5, 0.6) is 17.2 Å². The molecule has 0 amide bonds. The molecule has 1 atom stereocenters. The van der Waals surface area contributed by atoms with Gasteiger partial charge in [0.1, 0.15) is 30.0 Å². The number of nitrogens with zero attached hydrogens (tertiary/aromatic N) is 1. The highest BCUT2D eigenvalue weighted by Crippen LogP contribution is 2.24. The third kappa shape index (κ3) is 5.42. The Kier molecular flexibility index (Phi) is 5.95. The number of allylic oxidation sites excluding steroid dienone is 1. The summed E-state index contributed by atoms with van der Waals surface area (Å²) >= 11 is 0. The van der Waals surface area contributed by atoms with Gasteiger partial charge in [-0.3, -0.25) is 0 Å². The lowest BCUT2D eigenvalue weighted by Crippen LogP contribution is -2.21. The smallest absolute Gasteiger partial charge is 0.268 e. The van der Waals surface area contributed by atoms with Gasteiger partial charge in [-0.05, 0) is 56.2 Å². The van der Waals surface area contributed by atoms with Crippen LogP contribution >= 0.6 is 0 Å². The Labute approximate surface area is 154 Å². The minimum Gasteiger partial charge on any atom is -0.490 e. The number of hydrogen-bond donors (Lipinski definition) is 0. The normalized spacial score (nSPS) is 13.7. The topological polar surface area (TPSA) is 40.0 Å². The molecule has 0 saturated heterocycles. The molecule has 1 aliphatic rings. The summed E-state index contributed by atoms with van der Waals surface area (Å²) in [5, 5.41) is 0. The highest BCUT2D eigenvalue weighted by molar-refractivity contribution is 5.94. The van der Waals surface area contributed by atoms with Crippen molar-refractivity contribution in [2.24, 2.45) is 4.99 Å². The summed E-state index contributed by atoms with van der Waals surface area (Å²) in [4.78, 5) is 4.14. The first-order chi connectivity index (χ1) is 12.7. The lowest BCUT2D eigenvalue weighted by molar-refractivity contribution is 0.135. The molecule has 2 aromatic rings. The van der Waals surface area contributed by atoms with Gasteiger partial charge in [-0.2, -0.15) is 0 Å². The Hall–Kier alpha value is -3.19. The molecule has 3 rings (SSSR count). The number of aryl methyl sites for hydroxylation is 1. The van der Waals surface area contributed by atoms with Gasteiger partial charge in [0.05, 0.1) is 0 Å². The number of ether oxygens (including phenoxy) is 3. The molecule has 0 saturated carbocycles. The summed E-state index contributed by atoms with van der Waals surface area (Å²) in [7, 11) is 0. The molecule has 132 valence electrons. The fourth-order valence-corrected chi connectivity index (χ4v) is 2.24. The van der Waals surface area contributed by atoms with E-state index in [4.69, 9.17) is 14.2 Å². The number of aliphatic imine (C=N–C) groups is 1. The number of rotatable bonds is 6. The molecule has 4 nitrogen and oxygen atoms in total. The van der Waals surface area contributed by atoms with E-state index < -0.39 is 0 Å². The Morgan fingerprint density at radius 2 is 1.65 bits per heavy atom. The van der Waals surface area contributed by atoms with E-state index >= 15 is 0 Å². The molecule has 0 spiro atoms. The van der Waals surface area contributed by atoms with Crippen molar-refractivity contribution >= 4 is 5.90 Å². The lowest BCUT2D eigenvalue weighted by Gasteiger charge is -2.14. The van der Waals surface area contributed by atoms with Gasteiger partial charge >= 0.3 is 0 Å². The summed E-state index contributed by atoms with van der Waals surface area (Å²) in [5.41, 5.74) is 1.20. The predicted octanol–water partition coefficient (Wildman–Crippen LogP) is 4.89. The third-order valence-electron chi connectivity index (χ3n) is 3.59. The van der Waals surface area contributed by atoms with Crippen LogP contribution in [0.3, 0.4) is 0 Å². The molecule has 4 heteroatoms. The molecule has 0 bridgehead atoms. The van der Waals surface area contributed by atoms with Crippen LogP contribution in [-0.4, -0.2) is 18.6 Å². The molecule has 2 aromatic carbocycles. The van der Waals surface area contributed by atoms with Gasteiger partial charge in [-0.1, -0.05) is 29.7 Å². The molecule has 0 N–H and O–H groups in total. The summed E-state index contributed by atoms with van der Waals surface area (Å²) in [5.74, 6) is 8.60.